The highest BCUT2D eigenvalue weighted by atomic mass is 32.2. The van der Waals surface area contributed by atoms with Gasteiger partial charge in [-0.15, -0.1) is 0 Å². The van der Waals surface area contributed by atoms with Crippen molar-refractivity contribution in [3.63, 3.8) is 0 Å². The summed E-state index contributed by atoms with van der Waals surface area (Å²) < 4.78 is 32.7. The van der Waals surface area contributed by atoms with Crippen LogP contribution < -0.4 is 5.32 Å². The van der Waals surface area contributed by atoms with Crippen LogP contribution in [0.15, 0.2) is 15.4 Å². The van der Waals surface area contributed by atoms with Gasteiger partial charge in [-0.05, 0) is 33.2 Å². The summed E-state index contributed by atoms with van der Waals surface area (Å²) in [7, 11) is -3.43. The third-order valence-electron chi connectivity index (χ3n) is 3.80. The average molecular weight is 300 g/mol. The number of nitrogens with zero attached hydrogens (tertiary/aromatic N) is 1. The van der Waals surface area contributed by atoms with Crippen molar-refractivity contribution in [1.29, 1.82) is 0 Å². The lowest BCUT2D eigenvalue weighted by Gasteiger charge is -2.31. The van der Waals surface area contributed by atoms with E-state index >= 15 is 0 Å². The summed E-state index contributed by atoms with van der Waals surface area (Å²) in [5, 5.41) is 3.14. The van der Waals surface area contributed by atoms with Gasteiger partial charge in [0.05, 0.1) is 6.54 Å². The molecule has 5 nitrogen and oxygen atoms in total. The molecule has 0 bridgehead atoms. The van der Waals surface area contributed by atoms with Crippen LogP contribution in [0.4, 0.5) is 0 Å². The fraction of sp³-hybridized carbons (Fsp3) is 0.714. The van der Waals surface area contributed by atoms with Crippen molar-refractivity contribution < 1.29 is 12.8 Å². The van der Waals surface area contributed by atoms with Crippen LogP contribution in [0.1, 0.15) is 44.6 Å². The van der Waals surface area contributed by atoms with Crippen molar-refractivity contribution in [2.45, 2.75) is 57.5 Å². The van der Waals surface area contributed by atoms with Gasteiger partial charge in [-0.1, -0.05) is 13.3 Å². The first-order valence-electron chi connectivity index (χ1n) is 7.28. The van der Waals surface area contributed by atoms with Crippen molar-refractivity contribution in [2.75, 3.05) is 13.1 Å². The molecule has 114 valence electrons. The Morgan fingerprint density at radius 1 is 1.45 bits per heavy atom. The van der Waals surface area contributed by atoms with Crippen LogP contribution in [0, 0.1) is 6.92 Å². The van der Waals surface area contributed by atoms with Crippen molar-refractivity contribution in [2.24, 2.45) is 0 Å². The number of piperidine rings is 1. The van der Waals surface area contributed by atoms with E-state index in [2.05, 4.69) is 5.32 Å². The molecule has 6 heteroatoms. The van der Waals surface area contributed by atoms with E-state index in [0.29, 0.717) is 29.5 Å². The highest BCUT2D eigenvalue weighted by Crippen LogP contribution is 2.28. The third-order valence-corrected chi connectivity index (χ3v) is 5.92. The van der Waals surface area contributed by atoms with Crippen LogP contribution in [-0.2, 0) is 16.6 Å². The topological polar surface area (TPSA) is 62.6 Å². The Labute approximate surface area is 121 Å². The van der Waals surface area contributed by atoms with E-state index in [1.54, 1.807) is 17.3 Å². The first-order valence-corrected chi connectivity index (χ1v) is 8.72. The fourth-order valence-electron chi connectivity index (χ4n) is 2.67. The molecule has 0 aliphatic carbocycles. The van der Waals surface area contributed by atoms with E-state index in [4.69, 9.17) is 4.42 Å². The minimum atomic E-state index is -3.43. The number of hydrogen-bond donors (Lipinski definition) is 1. The number of nitrogens with one attached hydrogen (secondary N) is 1. The smallest absolute Gasteiger partial charge is 0.246 e. The Bertz CT molecular complexity index is 551. The number of hydrogen-bond acceptors (Lipinski definition) is 4. The maximum absolute atomic E-state index is 12.8. The molecule has 2 rings (SSSR count). The van der Waals surface area contributed by atoms with Gasteiger partial charge in [-0.3, -0.25) is 0 Å². The summed E-state index contributed by atoms with van der Waals surface area (Å²) in [5.41, 5.74) is 0. The Balaban J connectivity index is 2.26. The molecule has 0 amide bonds. The summed E-state index contributed by atoms with van der Waals surface area (Å²) in [6, 6.07) is 1.73. The van der Waals surface area contributed by atoms with Gasteiger partial charge in [0.25, 0.3) is 0 Å². The van der Waals surface area contributed by atoms with Gasteiger partial charge in [0.2, 0.25) is 10.0 Å². The molecule has 0 spiro atoms. The largest absolute Gasteiger partial charge is 0.464 e. The Hall–Kier alpha value is -0.850. The zero-order valence-corrected chi connectivity index (χ0v) is 13.3. The van der Waals surface area contributed by atoms with Crippen molar-refractivity contribution in [3.05, 3.63) is 17.6 Å². The predicted octanol–water partition coefficient (Wildman–Crippen LogP) is 2.26. The molecule has 1 aliphatic rings. The van der Waals surface area contributed by atoms with Crippen LogP contribution in [0.5, 0.6) is 0 Å². The zero-order chi connectivity index (χ0) is 14.8. The lowest BCUT2D eigenvalue weighted by atomic mass is 10.1. The molecule has 1 N–H and O–H groups in total. The summed E-state index contributed by atoms with van der Waals surface area (Å²) in [6.45, 7) is 7.69. The molecule has 1 unspecified atom stereocenters. The molecule has 1 saturated heterocycles. The van der Waals surface area contributed by atoms with Gasteiger partial charge in [-0.2, -0.15) is 4.31 Å². The van der Waals surface area contributed by atoms with Crippen molar-refractivity contribution in [3.8, 4) is 0 Å². The number of aryl methyl sites for hydroxylation is 1. The molecule has 0 saturated carbocycles. The monoisotopic (exact) mass is 300 g/mol. The van der Waals surface area contributed by atoms with E-state index in [1.807, 2.05) is 13.8 Å². The van der Waals surface area contributed by atoms with Gasteiger partial charge >= 0.3 is 0 Å². The van der Waals surface area contributed by atoms with Crippen molar-refractivity contribution in [1.82, 2.24) is 9.62 Å². The maximum atomic E-state index is 12.8. The molecule has 0 aromatic carbocycles. The normalized spacial score (nSPS) is 21.2. The second kappa shape index (κ2) is 6.28. The predicted molar refractivity (Wildman–Crippen MR) is 78.0 cm³/mol. The second-order valence-corrected chi connectivity index (χ2v) is 7.23. The molecule has 1 aliphatic heterocycles. The van der Waals surface area contributed by atoms with E-state index < -0.39 is 10.0 Å². The molecule has 2 heterocycles. The minimum absolute atomic E-state index is 0.0697. The van der Waals surface area contributed by atoms with Gasteiger partial charge in [0.1, 0.15) is 16.4 Å². The van der Waals surface area contributed by atoms with E-state index in [1.165, 1.54) is 0 Å². The molecule has 1 aromatic rings. The summed E-state index contributed by atoms with van der Waals surface area (Å²) in [4.78, 5) is 0.319. The van der Waals surface area contributed by atoms with E-state index in [-0.39, 0.29) is 6.04 Å². The van der Waals surface area contributed by atoms with Gasteiger partial charge in [0, 0.05) is 18.7 Å². The molecule has 20 heavy (non-hydrogen) atoms. The Morgan fingerprint density at radius 3 is 2.85 bits per heavy atom. The quantitative estimate of drug-likeness (QED) is 0.906. The molecule has 1 aromatic heterocycles. The van der Waals surface area contributed by atoms with Crippen molar-refractivity contribution >= 4 is 10.0 Å². The number of rotatable bonds is 5. The fourth-order valence-corrected chi connectivity index (χ4v) is 4.56. The maximum Gasteiger partial charge on any atom is 0.246 e. The average Bonchev–Trinajstić information content (AvgIpc) is 2.78. The van der Waals surface area contributed by atoms with Crippen LogP contribution in [0.2, 0.25) is 0 Å². The standard InChI is InChI=1S/C14H24N2O3S/c1-4-15-10-13-9-14(12(3)19-13)20(17,18)16-8-6-5-7-11(16)2/h9,11,15H,4-8,10H2,1-3H3. The van der Waals surface area contributed by atoms with Gasteiger partial charge in [0.15, 0.2) is 0 Å². The number of furan rings is 1. The lowest BCUT2D eigenvalue weighted by molar-refractivity contribution is 0.268. The number of sulfonamides is 1. The molecule has 1 fully saturated rings. The molecular weight excluding hydrogens is 276 g/mol. The second-order valence-electron chi connectivity index (χ2n) is 5.37. The minimum Gasteiger partial charge on any atom is -0.464 e. The Morgan fingerprint density at radius 2 is 2.20 bits per heavy atom. The third kappa shape index (κ3) is 3.07. The highest BCUT2D eigenvalue weighted by Gasteiger charge is 2.33. The first-order chi connectivity index (χ1) is 9.46. The molecule has 0 radical (unpaired) electrons. The van der Waals surface area contributed by atoms with Crippen LogP contribution in [0.3, 0.4) is 0 Å². The van der Waals surface area contributed by atoms with Crippen LogP contribution in [-0.4, -0.2) is 31.9 Å². The lowest BCUT2D eigenvalue weighted by Crippen LogP contribution is -2.41. The summed E-state index contributed by atoms with van der Waals surface area (Å²) >= 11 is 0. The van der Waals surface area contributed by atoms with Crippen LogP contribution >= 0.6 is 0 Å². The summed E-state index contributed by atoms with van der Waals surface area (Å²) in [5.74, 6) is 1.16. The van der Waals surface area contributed by atoms with Gasteiger partial charge < -0.3 is 9.73 Å². The van der Waals surface area contributed by atoms with Gasteiger partial charge in [-0.25, -0.2) is 8.42 Å². The van der Waals surface area contributed by atoms with E-state index in [0.717, 1.165) is 25.8 Å². The summed E-state index contributed by atoms with van der Waals surface area (Å²) in [6.07, 6.45) is 2.97. The highest BCUT2D eigenvalue weighted by molar-refractivity contribution is 7.89. The molecule has 1 atom stereocenters. The first kappa shape index (κ1) is 15.5. The zero-order valence-electron chi connectivity index (χ0n) is 12.5. The molecular formula is C14H24N2O3S. The SMILES string of the molecule is CCNCc1cc(S(=O)(=O)N2CCCCC2C)c(C)o1. The van der Waals surface area contributed by atoms with Crippen LogP contribution in [0.25, 0.3) is 0 Å². The van der Waals surface area contributed by atoms with E-state index in [9.17, 15) is 8.42 Å². The Kier molecular flexibility index (Phi) is 4.88.